The summed E-state index contributed by atoms with van der Waals surface area (Å²) in [4.78, 5) is 8.06. The lowest BCUT2D eigenvalue weighted by molar-refractivity contribution is 0.148. The van der Waals surface area contributed by atoms with Crippen molar-refractivity contribution < 1.29 is 0 Å². The fraction of sp³-hybridized carbons (Fsp3) is 0.769. The average molecular weight is 400 g/mol. The van der Waals surface area contributed by atoms with Gasteiger partial charge in [-0.05, 0) is 68.5 Å². The third-order valence-electron chi connectivity index (χ3n) is 7.63. The Hall–Kier alpha value is -1.06. The molecular formula is C26H45N3. The molecule has 0 N–H and O–H groups in total. The van der Waals surface area contributed by atoms with Crippen molar-refractivity contribution in [1.82, 2.24) is 9.80 Å². The van der Waals surface area contributed by atoms with E-state index >= 15 is 0 Å². The van der Waals surface area contributed by atoms with E-state index in [4.69, 9.17) is 0 Å². The third-order valence-corrected chi connectivity index (χ3v) is 7.63. The Kier molecular flexibility index (Phi) is 8.44. The van der Waals surface area contributed by atoms with Crippen molar-refractivity contribution in [3.8, 4) is 0 Å². The molecule has 0 aromatic heterocycles. The molecule has 3 heteroatoms. The molecule has 1 saturated carbocycles. The van der Waals surface area contributed by atoms with Gasteiger partial charge in [0.2, 0.25) is 0 Å². The number of hydrogen-bond donors (Lipinski definition) is 0. The van der Waals surface area contributed by atoms with Crippen molar-refractivity contribution in [3.63, 3.8) is 0 Å². The summed E-state index contributed by atoms with van der Waals surface area (Å²) in [7, 11) is 0. The van der Waals surface area contributed by atoms with Crippen LogP contribution in [-0.2, 0) is 0 Å². The van der Waals surface area contributed by atoms with E-state index in [1.165, 1.54) is 76.9 Å². The van der Waals surface area contributed by atoms with E-state index in [2.05, 4.69) is 53.7 Å². The molecule has 0 spiro atoms. The highest BCUT2D eigenvalue weighted by atomic mass is 15.3. The van der Waals surface area contributed by atoms with Crippen molar-refractivity contribution in [2.75, 3.05) is 44.2 Å². The first-order valence-corrected chi connectivity index (χ1v) is 12.5. The minimum Gasteiger partial charge on any atom is -0.369 e. The maximum Gasteiger partial charge on any atom is 0.0370 e. The maximum atomic E-state index is 2.78. The molecule has 4 rings (SSSR count). The molecule has 1 aromatic rings. The lowest BCUT2D eigenvalue weighted by Crippen LogP contribution is -2.50. The SMILES string of the molecule is CC.CCN1CCC(C)c2ccc(N3CCN(C4CCCCC4)CC3)cc2C1C. The van der Waals surface area contributed by atoms with Gasteiger partial charge in [0.1, 0.15) is 0 Å². The zero-order valence-electron chi connectivity index (χ0n) is 19.8. The predicted octanol–water partition coefficient (Wildman–Crippen LogP) is 6.06. The molecule has 1 aliphatic carbocycles. The number of fused-ring (bicyclic) bond motifs is 1. The smallest absolute Gasteiger partial charge is 0.0370 e. The summed E-state index contributed by atoms with van der Waals surface area (Å²) in [6.07, 6.45) is 8.49. The zero-order valence-corrected chi connectivity index (χ0v) is 19.8. The lowest BCUT2D eigenvalue weighted by Gasteiger charge is -2.41. The van der Waals surface area contributed by atoms with E-state index < -0.39 is 0 Å². The Morgan fingerprint density at radius 3 is 2.17 bits per heavy atom. The predicted molar refractivity (Wildman–Crippen MR) is 127 cm³/mol. The first-order chi connectivity index (χ1) is 14.2. The number of nitrogens with zero attached hydrogens (tertiary/aromatic N) is 3. The van der Waals surface area contributed by atoms with Gasteiger partial charge in [0.25, 0.3) is 0 Å². The Balaban J connectivity index is 0.00000117. The molecule has 1 saturated heterocycles. The molecule has 0 radical (unpaired) electrons. The Morgan fingerprint density at radius 1 is 0.828 bits per heavy atom. The molecule has 164 valence electrons. The van der Waals surface area contributed by atoms with E-state index in [0.717, 1.165) is 12.6 Å². The summed E-state index contributed by atoms with van der Waals surface area (Å²) in [5.41, 5.74) is 4.62. The molecule has 2 unspecified atom stereocenters. The Morgan fingerprint density at radius 2 is 1.52 bits per heavy atom. The maximum absolute atomic E-state index is 2.78. The van der Waals surface area contributed by atoms with Crippen molar-refractivity contribution in [3.05, 3.63) is 29.3 Å². The van der Waals surface area contributed by atoms with E-state index in [9.17, 15) is 0 Å². The molecular weight excluding hydrogens is 354 g/mol. The van der Waals surface area contributed by atoms with Crippen LogP contribution in [0.15, 0.2) is 18.2 Å². The van der Waals surface area contributed by atoms with E-state index in [1.54, 1.807) is 11.1 Å². The molecule has 2 aliphatic heterocycles. The van der Waals surface area contributed by atoms with Crippen LogP contribution >= 0.6 is 0 Å². The third kappa shape index (κ3) is 5.17. The highest BCUT2D eigenvalue weighted by molar-refractivity contribution is 5.53. The largest absolute Gasteiger partial charge is 0.369 e. The number of rotatable bonds is 3. The van der Waals surface area contributed by atoms with Gasteiger partial charge in [-0.25, -0.2) is 0 Å². The van der Waals surface area contributed by atoms with Crippen molar-refractivity contribution in [1.29, 1.82) is 0 Å². The highest BCUT2D eigenvalue weighted by Crippen LogP contribution is 2.37. The fourth-order valence-electron chi connectivity index (χ4n) is 5.70. The first-order valence-electron chi connectivity index (χ1n) is 12.5. The van der Waals surface area contributed by atoms with Crippen LogP contribution in [0.3, 0.4) is 0 Å². The van der Waals surface area contributed by atoms with Gasteiger partial charge in [0, 0.05) is 44.0 Å². The number of piperazine rings is 1. The van der Waals surface area contributed by atoms with Crippen LogP contribution in [0.4, 0.5) is 5.69 Å². The average Bonchev–Trinajstić information content (AvgIpc) is 2.92. The minimum atomic E-state index is 0.540. The molecule has 2 fully saturated rings. The molecule has 1 aromatic carbocycles. The second kappa shape index (κ2) is 10.8. The summed E-state index contributed by atoms with van der Waals surface area (Å²) >= 11 is 0. The monoisotopic (exact) mass is 399 g/mol. The highest BCUT2D eigenvalue weighted by Gasteiger charge is 2.28. The molecule has 0 amide bonds. The van der Waals surface area contributed by atoms with Gasteiger partial charge < -0.3 is 4.90 Å². The topological polar surface area (TPSA) is 9.72 Å². The second-order valence-electron chi connectivity index (χ2n) is 9.12. The number of anilines is 1. The molecule has 2 heterocycles. The van der Waals surface area contributed by atoms with Gasteiger partial charge in [0.15, 0.2) is 0 Å². The van der Waals surface area contributed by atoms with Crippen LogP contribution in [0.5, 0.6) is 0 Å². The molecule has 0 bridgehead atoms. The van der Waals surface area contributed by atoms with Crippen LogP contribution in [0.1, 0.15) is 96.2 Å². The van der Waals surface area contributed by atoms with Gasteiger partial charge in [-0.1, -0.05) is 53.0 Å². The van der Waals surface area contributed by atoms with Crippen LogP contribution < -0.4 is 4.90 Å². The van der Waals surface area contributed by atoms with Gasteiger partial charge in [0.05, 0.1) is 0 Å². The zero-order chi connectivity index (χ0) is 20.8. The second-order valence-corrected chi connectivity index (χ2v) is 9.12. The van der Waals surface area contributed by atoms with Gasteiger partial charge in [-0.3, -0.25) is 9.80 Å². The molecule has 2 atom stereocenters. The van der Waals surface area contributed by atoms with Crippen molar-refractivity contribution in [2.24, 2.45) is 0 Å². The number of benzene rings is 1. The minimum absolute atomic E-state index is 0.540. The summed E-state index contributed by atoms with van der Waals surface area (Å²) in [6.45, 7) is 18.4. The van der Waals surface area contributed by atoms with Crippen LogP contribution in [-0.4, -0.2) is 55.1 Å². The lowest BCUT2D eigenvalue weighted by atomic mass is 9.91. The van der Waals surface area contributed by atoms with Crippen LogP contribution in [0.25, 0.3) is 0 Å². The van der Waals surface area contributed by atoms with E-state index in [0.29, 0.717) is 12.0 Å². The Labute approximate surface area is 180 Å². The van der Waals surface area contributed by atoms with Crippen molar-refractivity contribution in [2.45, 2.75) is 91.1 Å². The Bertz CT molecular complexity index is 614. The van der Waals surface area contributed by atoms with Crippen molar-refractivity contribution >= 4 is 5.69 Å². The summed E-state index contributed by atoms with van der Waals surface area (Å²) in [5, 5.41) is 0. The molecule has 29 heavy (non-hydrogen) atoms. The summed E-state index contributed by atoms with van der Waals surface area (Å²) in [6, 6.07) is 8.78. The van der Waals surface area contributed by atoms with Crippen LogP contribution in [0, 0.1) is 0 Å². The quantitative estimate of drug-likeness (QED) is 0.612. The van der Waals surface area contributed by atoms with E-state index in [1.807, 2.05) is 13.8 Å². The van der Waals surface area contributed by atoms with Crippen LogP contribution in [0.2, 0.25) is 0 Å². The fourth-order valence-corrected chi connectivity index (χ4v) is 5.70. The molecule has 3 aliphatic rings. The summed E-state index contributed by atoms with van der Waals surface area (Å²) < 4.78 is 0. The normalized spacial score (nSPS) is 27.0. The first kappa shape index (κ1) is 22.6. The number of hydrogen-bond acceptors (Lipinski definition) is 3. The molecule has 3 nitrogen and oxygen atoms in total. The summed E-state index contributed by atoms with van der Waals surface area (Å²) in [5.74, 6) is 0.677. The van der Waals surface area contributed by atoms with Gasteiger partial charge >= 0.3 is 0 Å². The van der Waals surface area contributed by atoms with Gasteiger partial charge in [-0.2, -0.15) is 0 Å². The van der Waals surface area contributed by atoms with Gasteiger partial charge in [-0.15, -0.1) is 0 Å². The standard InChI is InChI=1S/C24H39N3.C2H6/c1-4-25-13-12-19(2)23-11-10-22(18-24(23)20(25)3)27-16-14-26(15-17-27)21-8-6-5-7-9-21;1-2/h10-11,18-21H,4-9,12-17H2,1-3H3;1-2H3. The van der Waals surface area contributed by atoms with E-state index in [-0.39, 0.29) is 0 Å².